The van der Waals surface area contributed by atoms with Crippen molar-refractivity contribution in [1.82, 2.24) is 19.9 Å². The smallest absolute Gasteiger partial charge is 0.416 e. The standard InChI is InChI=1S/C26H29F3N6O2/c1-17-22-14-19(32-23(36)16-37-21-6-4-18(5-7-21)26(27,28)29)15-30-24(22)33-25(31-17)35-12-8-20(9-13-35)34-10-2-3-11-34/h4-7,14-15,20H,2-3,8-13,16H2,1H3,(H,32,36). The zero-order valence-corrected chi connectivity index (χ0v) is 20.6. The average molecular weight is 515 g/mol. The molecule has 0 atom stereocenters. The highest BCUT2D eigenvalue weighted by Crippen LogP contribution is 2.30. The van der Waals surface area contributed by atoms with E-state index in [0.29, 0.717) is 23.3 Å². The predicted octanol–water partition coefficient (Wildman–Crippen LogP) is 4.43. The molecule has 1 N–H and O–H groups in total. The number of aryl methyl sites for hydroxylation is 1. The van der Waals surface area contributed by atoms with Crippen LogP contribution in [0.25, 0.3) is 11.0 Å². The van der Waals surface area contributed by atoms with Crippen LogP contribution in [-0.2, 0) is 11.0 Å². The third-order valence-electron chi connectivity index (χ3n) is 6.97. The first kappa shape index (κ1) is 25.2. The molecule has 0 radical (unpaired) electrons. The van der Waals surface area contributed by atoms with Crippen LogP contribution in [0.1, 0.15) is 36.9 Å². The van der Waals surface area contributed by atoms with Gasteiger partial charge in [-0.25, -0.2) is 9.97 Å². The maximum Gasteiger partial charge on any atom is 0.416 e. The molecule has 0 spiro atoms. The number of alkyl halides is 3. The number of pyridine rings is 1. The fraction of sp³-hybridized carbons (Fsp3) is 0.462. The Morgan fingerprint density at radius 3 is 2.46 bits per heavy atom. The first-order valence-corrected chi connectivity index (χ1v) is 12.5. The molecule has 2 aliphatic heterocycles. The van der Waals surface area contributed by atoms with Crippen molar-refractivity contribution >= 4 is 28.6 Å². The summed E-state index contributed by atoms with van der Waals surface area (Å²) in [7, 11) is 0. The van der Waals surface area contributed by atoms with Gasteiger partial charge in [0.05, 0.1) is 23.1 Å². The molecule has 8 nitrogen and oxygen atoms in total. The van der Waals surface area contributed by atoms with Gasteiger partial charge in [-0.1, -0.05) is 0 Å². The summed E-state index contributed by atoms with van der Waals surface area (Å²) in [6, 6.07) is 6.59. The zero-order chi connectivity index (χ0) is 26.0. The van der Waals surface area contributed by atoms with Crippen LogP contribution < -0.4 is 15.0 Å². The fourth-order valence-corrected chi connectivity index (χ4v) is 4.98. The number of nitrogens with zero attached hydrogens (tertiary/aromatic N) is 5. The molecule has 2 aromatic heterocycles. The number of fused-ring (bicyclic) bond motifs is 1. The first-order valence-electron chi connectivity index (χ1n) is 12.5. The minimum atomic E-state index is -4.42. The van der Waals surface area contributed by atoms with Crippen molar-refractivity contribution in [2.45, 2.75) is 44.8 Å². The van der Waals surface area contributed by atoms with E-state index in [1.54, 1.807) is 6.07 Å². The quantitative estimate of drug-likeness (QED) is 0.521. The Morgan fingerprint density at radius 2 is 1.78 bits per heavy atom. The molecule has 1 amide bonds. The number of anilines is 2. The molecule has 0 unspecified atom stereocenters. The van der Waals surface area contributed by atoms with E-state index in [2.05, 4.69) is 25.1 Å². The van der Waals surface area contributed by atoms with Crippen molar-refractivity contribution in [3.8, 4) is 5.75 Å². The number of likely N-dealkylation sites (tertiary alicyclic amines) is 1. The third-order valence-corrected chi connectivity index (χ3v) is 6.97. The highest BCUT2D eigenvalue weighted by atomic mass is 19.4. The van der Waals surface area contributed by atoms with Gasteiger partial charge in [-0.3, -0.25) is 4.79 Å². The molecule has 37 heavy (non-hydrogen) atoms. The van der Waals surface area contributed by atoms with E-state index in [1.165, 1.54) is 44.3 Å². The van der Waals surface area contributed by atoms with E-state index in [0.717, 1.165) is 49.1 Å². The van der Waals surface area contributed by atoms with E-state index in [9.17, 15) is 18.0 Å². The zero-order valence-electron chi connectivity index (χ0n) is 20.6. The molecule has 11 heteroatoms. The van der Waals surface area contributed by atoms with E-state index in [4.69, 9.17) is 9.72 Å². The Balaban J connectivity index is 1.19. The van der Waals surface area contributed by atoms with Gasteiger partial charge in [0.1, 0.15) is 5.75 Å². The lowest BCUT2D eigenvalue weighted by molar-refractivity contribution is -0.137. The normalized spacial score (nSPS) is 17.4. The number of piperidine rings is 1. The summed E-state index contributed by atoms with van der Waals surface area (Å²) in [4.78, 5) is 31.0. The Hall–Kier alpha value is -3.47. The van der Waals surface area contributed by atoms with E-state index < -0.39 is 17.6 Å². The summed E-state index contributed by atoms with van der Waals surface area (Å²) in [6.45, 7) is 5.79. The summed E-state index contributed by atoms with van der Waals surface area (Å²) in [6.07, 6.45) is 1.90. The van der Waals surface area contributed by atoms with Gasteiger partial charge in [0.25, 0.3) is 5.91 Å². The lowest BCUT2D eigenvalue weighted by atomic mass is 10.0. The Morgan fingerprint density at radius 1 is 1.08 bits per heavy atom. The van der Waals surface area contributed by atoms with E-state index in [1.807, 2.05) is 6.92 Å². The Labute approximate surface area is 212 Å². The van der Waals surface area contributed by atoms with Crippen LogP contribution in [-0.4, -0.2) is 64.6 Å². The van der Waals surface area contributed by atoms with Gasteiger partial charge in [-0.2, -0.15) is 18.2 Å². The number of hydrogen-bond acceptors (Lipinski definition) is 7. The maximum atomic E-state index is 12.7. The van der Waals surface area contributed by atoms with Crippen LogP contribution in [0.15, 0.2) is 36.5 Å². The number of hydrogen-bond donors (Lipinski definition) is 1. The van der Waals surface area contributed by atoms with Crippen LogP contribution in [0.5, 0.6) is 5.75 Å². The lowest BCUT2D eigenvalue weighted by Crippen LogP contribution is -2.44. The molecule has 1 aromatic carbocycles. The average Bonchev–Trinajstić information content (AvgIpc) is 3.43. The highest BCUT2D eigenvalue weighted by Gasteiger charge is 2.30. The van der Waals surface area contributed by atoms with Gasteiger partial charge in [0, 0.05) is 24.5 Å². The number of ether oxygens (including phenoxy) is 1. The maximum absolute atomic E-state index is 12.7. The topological polar surface area (TPSA) is 83.5 Å². The second kappa shape index (κ2) is 10.5. The van der Waals surface area contributed by atoms with E-state index >= 15 is 0 Å². The summed E-state index contributed by atoms with van der Waals surface area (Å²) in [5.41, 5.74) is 1.01. The van der Waals surface area contributed by atoms with Crippen LogP contribution in [0.2, 0.25) is 0 Å². The van der Waals surface area contributed by atoms with Gasteiger partial charge in [-0.15, -0.1) is 0 Å². The van der Waals surface area contributed by atoms with Crippen LogP contribution >= 0.6 is 0 Å². The third kappa shape index (κ3) is 5.93. The molecular weight excluding hydrogens is 485 g/mol. The van der Waals surface area contributed by atoms with Crippen molar-refractivity contribution in [3.05, 3.63) is 47.8 Å². The molecule has 196 valence electrons. The SMILES string of the molecule is Cc1nc(N2CCC(N3CCCC3)CC2)nc2ncc(NC(=O)COc3ccc(C(F)(F)F)cc3)cc12. The second-order valence-electron chi connectivity index (χ2n) is 9.52. The number of amides is 1. The van der Waals surface area contributed by atoms with Crippen LogP contribution in [0.3, 0.4) is 0 Å². The predicted molar refractivity (Wildman–Crippen MR) is 134 cm³/mol. The molecule has 3 aromatic rings. The molecular formula is C26H29F3N6O2. The number of rotatable bonds is 6. The number of carbonyl (C=O) groups is 1. The van der Waals surface area contributed by atoms with Crippen molar-refractivity contribution < 1.29 is 22.7 Å². The minimum absolute atomic E-state index is 0.168. The van der Waals surface area contributed by atoms with Crippen LogP contribution in [0, 0.1) is 6.92 Å². The number of benzene rings is 1. The monoisotopic (exact) mass is 514 g/mol. The highest BCUT2D eigenvalue weighted by molar-refractivity contribution is 5.94. The molecule has 0 saturated carbocycles. The molecule has 2 aliphatic rings. The summed E-state index contributed by atoms with van der Waals surface area (Å²) in [5.74, 6) is 0.386. The largest absolute Gasteiger partial charge is 0.484 e. The minimum Gasteiger partial charge on any atom is -0.484 e. The lowest BCUT2D eigenvalue weighted by Gasteiger charge is -2.36. The van der Waals surface area contributed by atoms with Gasteiger partial charge in [0.2, 0.25) is 5.95 Å². The number of halogens is 3. The van der Waals surface area contributed by atoms with Gasteiger partial charge < -0.3 is 19.9 Å². The van der Waals surface area contributed by atoms with Gasteiger partial charge in [-0.05, 0) is 76.0 Å². The summed E-state index contributed by atoms with van der Waals surface area (Å²) >= 11 is 0. The number of aromatic nitrogens is 3. The van der Waals surface area contributed by atoms with Gasteiger partial charge >= 0.3 is 6.18 Å². The molecule has 0 aliphatic carbocycles. The van der Waals surface area contributed by atoms with E-state index in [-0.39, 0.29) is 12.4 Å². The summed E-state index contributed by atoms with van der Waals surface area (Å²) < 4.78 is 43.3. The Bertz CT molecular complexity index is 1250. The van der Waals surface area contributed by atoms with Crippen molar-refractivity contribution in [2.24, 2.45) is 0 Å². The number of nitrogens with one attached hydrogen (secondary N) is 1. The molecule has 0 bridgehead atoms. The Kier molecular flexibility index (Phi) is 7.14. The molecule has 5 rings (SSSR count). The second-order valence-corrected chi connectivity index (χ2v) is 9.52. The van der Waals surface area contributed by atoms with Crippen molar-refractivity contribution in [2.75, 3.05) is 43.0 Å². The fourth-order valence-electron chi connectivity index (χ4n) is 4.98. The molecule has 2 saturated heterocycles. The van der Waals surface area contributed by atoms with Crippen molar-refractivity contribution in [3.63, 3.8) is 0 Å². The first-order chi connectivity index (χ1) is 17.8. The summed E-state index contributed by atoms with van der Waals surface area (Å²) in [5, 5.41) is 3.43. The van der Waals surface area contributed by atoms with Crippen molar-refractivity contribution in [1.29, 1.82) is 0 Å². The number of carbonyl (C=O) groups excluding carboxylic acids is 1. The van der Waals surface area contributed by atoms with Gasteiger partial charge in [0.15, 0.2) is 12.3 Å². The molecule has 2 fully saturated rings. The molecule has 4 heterocycles. The van der Waals surface area contributed by atoms with Crippen LogP contribution in [0.4, 0.5) is 24.8 Å².